The van der Waals surface area contributed by atoms with Crippen LogP contribution in [0, 0.1) is 12.8 Å². The summed E-state index contributed by atoms with van der Waals surface area (Å²) in [6.07, 6.45) is 7.53. The molecule has 0 spiro atoms. The van der Waals surface area contributed by atoms with Crippen molar-refractivity contribution in [2.75, 3.05) is 0 Å². The number of nitrogens with zero attached hydrogens (tertiary/aromatic N) is 2. The van der Waals surface area contributed by atoms with E-state index in [0.29, 0.717) is 31.0 Å². The van der Waals surface area contributed by atoms with Crippen molar-refractivity contribution >= 4 is 36.4 Å². The Morgan fingerprint density at radius 3 is 2.68 bits per heavy atom. The van der Waals surface area contributed by atoms with E-state index in [1.165, 1.54) is 12.8 Å². The number of hydrogen-bond acceptors (Lipinski definition) is 3. The average Bonchev–Trinajstić information content (AvgIpc) is 3.09. The normalized spacial score (nSPS) is 24.4. The van der Waals surface area contributed by atoms with Gasteiger partial charge in [0.1, 0.15) is 5.65 Å². The first kappa shape index (κ1) is 20.0. The highest BCUT2D eigenvalue weighted by molar-refractivity contribution is 5.85. The summed E-state index contributed by atoms with van der Waals surface area (Å²) in [7, 11) is 0. The lowest BCUT2D eigenvalue weighted by Crippen LogP contribution is -2.39. The summed E-state index contributed by atoms with van der Waals surface area (Å²) in [5.41, 5.74) is 3.00. The van der Waals surface area contributed by atoms with E-state index in [0.717, 1.165) is 29.9 Å². The summed E-state index contributed by atoms with van der Waals surface area (Å²) in [6, 6.07) is 7.35. The lowest BCUT2D eigenvalue weighted by molar-refractivity contribution is -0.122. The van der Waals surface area contributed by atoms with Gasteiger partial charge in [0, 0.05) is 30.4 Å². The van der Waals surface area contributed by atoms with Crippen molar-refractivity contribution in [1.82, 2.24) is 20.0 Å². The second-order valence-electron chi connectivity index (χ2n) is 7.08. The third-order valence-electron chi connectivity index (χ3n) is 5.26. The number of amides is 1. The van der Waals surface area contributed by atoms with Gasteiger partial charge in [-0.3, -0.25) is 4.79 Å². The van der Waals surface area contributed by atoms with Gasteiger partial charge in [-0.1, -0.05) is 6.07 Å². The van der Waals surface area contributed by atoms with Crippen molar-refractivity contribution in [2.24, 2.45) is 5.92 Å². The van der Waals surface area contributed by atoms with Crippen LogP contribution in [0.2, 0.25) is 0 Å². The van der Waals surface area contributed by atoms with Crippen LogP contribution >= 0.6 is 24.8 Å². The topological polar surface area (TPSA) is 58.4 Å². The molecule has 25 heavy (non-hydrogen) atoms. The van der Waals surface area contributed by atoms with Crippen LogP contribution in [0.15, 0.2) is 24.4 Å². The minimum absolute atomic E-state index is 0. The Morgan fingerprint density at radius 2 is 2.00 bits per heavy atom. The summed E-state index contributed by atoms with van der Waals surface area (Å²) >= 11 is 0. The Labute approximate surface area is 160 Å². The number of carbonyl (C=O) groups is 1. The number of aryl methyl sites for hydroxylation is 1. The fourth-order valence-corrected chi connectivity index (χ4v) is 4.15. The average molecular weight is 385 g/mol. The molecular formula is C18H26Cl2N4O. The van der Waals surface area contributed by atoms with Crippen molar-refractivity contribution in [3.63, 3.8) is 0 Å². The first-order valence-electron chi connectivity index (χ1n) is 8.64. The lowest BCUT2D eigenvalue weighted by atomic mass is 9.89. The largest absolute Gasteiger partial charge is 0.350 e. The van der Waals surface area contributed by atoms with E-state index >= 15 is 0 Å². The Morgan fingerprint density at radius 1 is 1.28 bits per heavy atom. The molecule has 2 aliphatic heterocycles. The van der Waals surface area contributed by atoms with Crippen molar-refractivity contribution in [3.05, 3.63) is 35.8 Å². The molecule has 2 fully saturated rings. The number of nitrogens with one attached hydrogen (secondary N) is 2. The number of rotatable bonds is 4. The summed E-state index contributed by atoms with van der Waals surface area (Å²) in [5.74, 6) is 0.696. The van der Waals surface area contributed by atoms with Crippen LogP contribution in [-0.2, 0) is 11.3 Å². The zero-order chi connectivity index (χ0) is 15.8. The number of aromatic nitrogens is 2. The Hall–Kier alpha value is -1.30. The molecule has 2 aliphatic rings. The van der Waals surface area contributed by atoms with Crippen molar-refractivity contribution in [3.8, 4) is 0 Å². The van der Waals surface area contributed by atoms with Crippen molar-refractivity contribution in [1.29, 1.82) is 0 Å². The number of fused-ring (bicyclic) bond motifs is 3. The molecular weight excluding hydrogens is 359 g/mol. The van der Waals surface area contributed by atoms with Crippen molar-refractivity contribution < 1.29 is 4.79 Å². The molecule has 2 bridgehead atoms. The molecule has 7 heteroatoms. The van der Waals surface area contributed by atoms with Crippen LogP contribution < -0.4 is 10.6 Å². The monoisotopic (exact) mass is 384 g/mol. The highest BCUT2D eigenvalue weighted by Crippen LogP contribution is 2.32. The lowest BCUT2D eigenvalue weighted by Gasteiger charge is -2.28. The number of halogens is 2. The van der Waals surface area contributed by atoms with Crippen molar-refractivity contribution in [2.45, 2.75) is 57.7 Å². The number of piperidine rings is 1. The van der Waals surface area contributed by atoms with Crippen LogP contribution in [-0.4, -0.2) is 27.4 Å². The fraction of sp³-hybridized carbons (Fsp3) is 0.556. The van der Waals surface area contributed by atoms with Gasteiger partial charge in [0.2, 0.25) is 5.91 Å². The Balaban J connectivity index is 0.00000113. The molecule has 2 aromatic heterocycles. The summed E-state index contributed by atoms with van der Waals surface area (Å²) in [5, 5.41) is 6.67. The van der Waals surface area contributed by atoms with Crippen LogP contribution in [0.1, 0.15) is 43.5 Å². The maximum atomic E-state index is 12.2. The molecule has 2 saturated heterocycles. The van der Waals surface area contributed by atoms with Gasteiger partial charge in [-0.05, 0) is 50.7 Å². The van der Waals surface area contributed by atoms with Crippen LogP contribution in [0.5, 0.6) is 0 Å². The van der Waals surface area contributed by atoms with E-state index in [2.05, 4.69) is 33.0 Å². The SMILES string of the molecule is Cc1cccc2nc(CNC(=O)CC3CC4CCC(C3)N4)cn12.Cl.Cl. The molecule has 138 valence electrons. The molecule has 1 amide bonds. The molecule has 0 saturated carbocycles. The van der Waals surface area contributed by atoms with Gasteiger partial charge in [-0.15, -0.1) is 24.8 Å². The highest BCUT2D eigenvalue weighted by atomic mass is 35.5. The van der Waals surface area contributed by atoms with Crippen LogP contribution in [0.25, 0.3) is 5.65 Å². The van der Waals surface area contributed by atoms with E-state index < -0.39 is 0 Å². The van der Waals surface area contributed by atoms with Gasteiger partial charge in [0.05, 0.1) is 12.2 Å². The molecule has 0 aliphatic carbocycles. The molecule has 0 aromatic carbocycles. The Bertz CT molecular complexity index is 721. The zero-order valence-electron chi connectivity index (χ0n) is 14.4. The van der Waals surface area contributed by atoms with E-state index in [1.807, 2.05) is 18.3 Å². The van der Waals surface area contributed by atoms with E-state index in [9.17, 15) is 4.79 Å². The first-order valence-corrected chi connectivity index (χ1v) is 8.64. The standard InChI is InChI=1S/C18H24N4O.2ClH/c1-12-3-2-4-17-21-16(11-22(12)17)10-19-18(23)9-13-7-14-5-6-15(8-13)20-14;;/h2-4,11,13-15,20H,5-10H2,1H3,(H,19,23);2*1H. The van der Waals surface area contributed by atoms with E-state index in [1.54, 1.807) is 0 Å². The van der Waals surface area contributed by atoms with Gasteiger partial charge >= 0.3 is 0 Å². The van der Waals surface area contributed by atoms with Gasteiger partial charge in [0.25, 0.3) is 0 Å². The molecule has 2 aromatic rings. The van der Waals surface area contributed by atoms with E-state index in [4.69, 9.17) is 0 Å². The summed E-state index contributed by atoms with van der Waals surface area (Å²) in [6.45, 7) is 2.57. The molecule has 0 radical (unpaired) electrons. The third-order valence-corrected chi connectivity index (χ3v) is 5.26. The quantitative estimate of drug-likeness (QED) is 0.851. The molecule has 5 nitrogen and oxygen atoms in total. The summed E-state index contributed by atoms with van der Waals surface area (Å²) in [4.78, 5) is 16.8. The molecule has 4 rings (SSSR count). The van der Waals surface area contributed by atoms with Gasteiger partial charge in [0.15, 0.2) is 0 Å². The molecule has 4 heterocycles. The second-order valence-corrected chi connectivity index (χ2v) is 7.08. The first-order chi connectivity index (χ1) is 11.2. The van der Waals surface area contributed by atoms with Gasteiger partial charge in [-0.25, -0.2) is 4.98 Å². The minimum Gasteiger partial charge on any atom is -0.350 e. The second kappa shape index (κ2) is 8.39. The number of hydrogen-bond donors (Lipinski definition) is 2. The number of carbonyl (C=O) groups excluding carboxylic acids is 1. The predicted octanol–water partition coefficient (Wildman–Crippen LogP) is 3.02. The minimum atomic E-state index is 0. The Kier molecular flexibility index (Phi) is 6.72. The number of pyridine rings is 1. The zero-order valence-corrected chi connectivity index (χ0v) is 16.0. The fourth-order valence-electron chi connectivity index (χ4n) is 4.15. The van der Waals surface area contributed by atoms with Crippen LogP contribution in [0.3, 0.4) is 0 Å². The van der Waals surface area contributed by atoms with E-state index in [-0.39, 0.29) is 30.7 Å². The van der Waals surface area contributed by atoms with Crippen LogP contribution in [0.4, 0.5) is 0 Å². The third kappa shape index (κ3) is 4.46. The molecule has 2 atom stereocenters. The molecule has 2 N–H and O–H groups in total. The maximum absolute atomic E-state index is 12.2. The highest BCUT2D eigenvalue weighted by Gasteiger charge is 2.34. The predicted molar refractivity (Wildman–Crippen MR) is 104 cm³/mol. The van der Waals surface area contributed by atoms with Gasteiger partial charge in [-0.2, -0.15) is 0 Å². The summed E-state index contributed by atoms with van der Waals surface area (Å²) < 4.78 is 2.06. The molecule has 2 unspecified atom stereocenters. The smallest absolute Gasteiger partial charge is 0.220 e. The maximum Gasteiger partial charge on any atom is 0.220 e. The van der Waals surface area contributed by atoms with Gasteiger partial charge < -0.3 is 15.0 Å². The number of imidazole rings is 1.